The van der Waals surface area contributed by atoms with Gasteiger partial charge in [-0.15, -0.1) is 0 Å². The molecular formula is C13H17F2NO2. The highest BCUT2D eigenvalue weighted by Crippen LogP contribution is 2.30. The lowest BCUT2D eigenvalue weighted by molar-refractivity contribution is -0.118. The number of methoxy groups -OCH3 is 1. The molecule has 3 nitrogen and oxygen atoms in total. The van der Waals surface area contributed by atoms with Gasteiger partial charge in [0.05, 0.1) is 17.8 Å². The van der Waals surface area contributed by atoms with Gasteiger partial charge in [-0.3, -0.25) is 0 Å². The molecule has 18 heavy (non-hydrogen) atoms. The molecule has 100 valence electrons. The first-order chi connectivity index (χ1) is 8.65. The molecule has 0 radical (unpaired) electrons. The molecule has 5 heteroatoms. The average Bonchev–Trinajstić information content (AvgIpc) is 2.31. The third-order valence-corrected chi connectivity index (χ3v) is 3.17. The smallest absolute Gasteiger partial charge is 0.149 e. The summed E-state index contributed by atoms with van der Waals surface area (Å²) in [5.74, 6) is -1.17. The Kier molecular flexibility index (Phi) is 4.14. The molecule has 0 aromatic heterocycles. The highest BCUT2D eigenvalue weighted by atomic mass is 19.1. The predicted molar refractivity (Wildman–Crippen MR) is 64.6 cm³/mol. The monoisotopic (exact) mass is 257 g/mol. The number of ether oxygens (including phenoxy) is 2. The van der Waals surface area contributed by atoms with Gasteiger partial charge in [-0.1, -0.05) is 0 Å². The van der Waals surface area contributed by atoms with Crippen molar-refractivity contribution in [2.75, 3.05) is 19.0 Å². The molecule has 3 unspecified atom stereocenters. The van der Waals surface area contributed by atoms with E-state index in [0.29, 0.717) is 12.3 Å². The fourth-order valence-electron chi connectivity index (χ4n) is 2.22. The standard InChI is InChI=1S/C13H17F2NO2/c1-3-18-12-7-11(13(12)17-2)16-10-5-4-8(14)6-9(10)15/h4-6,11-13,16H,3,7H2,1-2H3. The van der Waals surface area contributed by atoms with E-state index in [-0.39, 0.29) is 18.2 Å². The SMILES string of the molecule is CCOC1CC(Nc2ccc(F)cc2F)C1OC. The van der Waals surface area contributed by atoms with Gasteiger partial charge in [0.1, 0.15) is 17.7 Å². The van der Waals surface area contributed by atoms with Crippen LogP contribution in [0, 0.1) is 11.6 Å². The third kappa shape index (κ3) is 2.62. The van der Waals surface area contributed by atoms with Crippen LogP contribution < -0.4 is 5.32 Å². The van der Waals surface area contributed by atoms with Crippen LogP contribution in [0.5, 0.6) is 0 Å². The largest absolute Gasteiger partial charge is 0.377 e. The molecule has 3 atom stereocenters. The van der Waals surface area contributed by atoms with Gasteiger partial charge in [-0.2, -0.15) is 0 Å². The minimum Gasteiger partial charge on any atom is -0.377 e. The molecule has 1 fully saturated rings. The summed E-state index contributed by atoms with van der Waals surface area (Å²) in [5.41, 5.74) is 0.290. The summed E-state index contributed by atoms with van der Waals surface area (Å²) in [5, 5.41) is 3.02. The Labute approximate surface area is 105 Å². The highest BCUT2D eigenvalue weighted by molar-refractivity contribution is 5.46. The molecule has 1 aliphatic carbocycles. The van der Waals surface area contributed by atoms with Crippen molar-refractivity contribution in [3.63, 3.8) is 0 Å². The van der Waals surface area contributed by atoms with Crippen LogP contribution in [0.2, 0.25) is 0 Å². The Morgan fingerprint density at radius 3 is 2.78 bits per heavy atom. The first kappa shape index (κ1) is 13.2. The summed E-state index contributed by atoms with van der Waals surface area (Å²) in [7, 11) is 1.60. The van der Waals surface area contributed by atoms with Gasteiger partial charge in [-0.25, -0.2) is 8.78 Å². The molecule has 1 aromatic rings. The predicted octanol–water partition coefficient (Wildman–Crippen LogP) is 2.57. The number of nitrogens with one attached hydrogen (secondary N) is 1. The maximum absolute atomic E-state index is 13.5. The zero-order chi connectivity index (χ0) is 13.1. The molecular weight excluding hydrogens is 240 g/mol. The van der Waals surface area contributed by atoms with Crippen LogP contribution >= 0.6 is 0 Å². The summed E-state index contributed by atoms with van der Waals surface area (Å²) >= 11 is 0. The summed E-state index contributed by atoms with van der Waals surface area (Å²) in [6.07, 6.45) is 0.693. The normalized spacial score (nSPS) is 26.8. The van der Waals surface area contributed by atoms with Crippen molar-refractivity contribution in [1.29, 1.82) is 0 Å². The molecule has 2 rings (SSSR count). The number of anilines is 1. The molecule has 1 N–H and O–H groups in total. The van der Waals surface area contributed by atoms with Gasteiger partial charge in [0.15, 0.2) is 0 Å². The molecule has 1 aliphatic rings. The van der Waals surface area contributed by atoms with Gasteiger partial charge < -0.3 is 14.8 Å². The summed E-state index contributed by atoms with van der Waals surface area (Å²) in [4.78, 5) is 0. The molecule has 0 amide bonds. The Balaban J connectivity index is 1.98. The Bertz CT molecular complexity index is 414. The van der Waals surface area contributed by atoms with Crippen LogP contribution in [-0.4, -0.2) is 32.0 Å². The van der Waals surface area contributed by atoms with Gasteiger partial charge >= 0.3 is 0 Å². The minimum atomic E-state index is -0.593. The second-order valence-corrected chi connectivity index (χ2v) is 4.30. The van der Waals surface area contributed by atoms with Crippen LogP contribution in [-0.2, 0) is 9.47 Å². The molecule has 0 heterocycles. The number of hydrogen-bond acceptors (Lipinski definition) is 3. The van der Waals surface area contributed by atoms with E-state index in [2.05, 4.69) is 5.32 Å². The van der Waals surface area contributed by atoms with Crippen LogP contribution in [0.3, 0.4) is 0 Å². The first-order valence-electron chi connectivity index (χ1n) is 6.01. The summed E-state index contributed by atoms with van der Waals surface area (Å²) < 4.78 is 37.0. The third-order valence-electron chi connectivity index (χ3n) is 3.17. The molecule has 1 saturated carbocycles. The average molecular weight is 257 g/mol. The van der Waals surface area contributed by atoms with Crippen LogP contribution in [0.1, 0.15) is 13.3 Å². The summed E-state index contributed by atoms with van der Waals surface area (Å²) in [6, 6.07) is 3.48. The Morgan fingerprint density at radius 1 is 1.39 bits per heavy atom. The molecule has 0 spiro atoms. The molecule has 0 bridgehead atoms. The fourth-order valence-corrected chi connectivity index (χ4v) is 2.22. The van der Waals surface area contributed by atoms with Crippen molar-refractivity contribution >= 4 is 5.69 Å². The van der Waals surface area contributed by atoms with E-state index in [0.717, 1.165) is 12.5 Å². The fraction of sp³-hybridized carbons (Fsp3) is 0.538. The van der Waals surface area contributed by atoms with Crippen molar-refractivity contribution in [3.8, 4) is 0 Å². The number of halogens is 2. The van der Waals surface area contributed by atoms with E-state index >= 15 is 0 Å². The first-order valence-corrected chi connectivity index (χ1v) is 6.01. The van der Waals surface area contributed by atoms with Gasteiger partial charge in [-0.05, 0) is 25.5 Å². The summed E-state index contributed by atoms with van der Waals surface area (Å²) in [6.45, 7) is 2.55. The van der Waals surface area contributed by atoms with Gasteiger partial charge in [0, 0.05) is 19.8 Å². The van der Waals surface area contributed by atoms with E-state index in [4.69, 9.17) is 9.47 Å². The van der Waals surface area contributed by atoms with E-state index in [9.17, 15) is 8.78 Å². The number of rotatable bonds is 5. The maximum Gasteiger partial charge on any atom is 0.149 e. The van der Waals surface area contributed by atoms with E-state index in [1.165, 1.54) is 12.1 Å². The lowest BCUT2D eigenvalue weighted by Crippen LogP contribution is -2.56. The van der Waals surface area contributed by atoms with Crippen LogP contribution in [0.4, 0.5) is 14.5 Å². The molecule has 1 aromatic carbocycles. The quantitative estimate of drug-likeness (QED) is 0.879. The zero-order valence-corrected chi connectivity index (χ0v) is 10.5. The van der Waals surface area contributed by atoms with E-state index < -0.39 is 11.6 Å². The van der Waals surface area contributed by atoms with Crippen molar-refractivity contribution in [1.82, 2.24) is 0 Å². The number of benzene rings is 1. The molecule has 0 aliphatic heterocycles. The van der Waals surface area contributed by atoms with Gasteiger partial charge in [0.2, 0.25) is 0 Å². The van der Waals surface area contributed by atoms with Crippen molar-refractivity contribution in [2.45, 2.75) is 31.6 Å². The topological polar surface area (TPSA) is 30.5 Å². The van der Waals surface area contributed by atoms with Crippen molar-refractivity contribution in [3.05, 3.63) is 29.8 Å². The van der Waals surface area contributed by atoms with E-state index in [1.54, 1.807) is 7.11 Å². The highest BCUT2D eigenvalue weighted by Gasteiger charge is 2.42. The Hall–Kier alpha value is -1.20. The van der Waals surface area contributed by atoms with E-state index in [1.807, 2.05) is 6.92 Å². The second-order valence-electron chi connectivity index (χ2n) is 4.30. The van der Waals surface area contributed by atoms with Crippen LogP contribution in [0.15, 0.2) is 18.2 Å². The number of hydrogen-bond donors (Lipinski definition) is 1. The van der Waals surface area contributed by atoms with Crippen molar-refractivity contribution in [2.24, 2.45) is 0 Å². The second kappa shape index (κ2) is 5.63. The lowest BCUT2D eigenvalue weighted by Gasteiger charge is -2.43. The zero-order valence-electron chi connectivity index (χ0n) is 10.5. The minimum absolute atomic E-state index is 0.00786. The van der Waals surface area contributed by atoms with Gasteiger partial charge in [0.25, 0.3) is 0 Å². The maximum atomic E-state index is 13.5. The lowest BCUT2D eigenvalue weighted by atomic mass is 9.85. The van der Waals surface area contributed by atoms with Crippen molar-refractivity contribution < 1.29 is 18.3 Å². The Morgan fingerprint density at radius 2 is 2.17 bits per heavy atom. The molecule has 0 saturated heterocycles. The van der Waals surface area contributed by atoms with Crippen LogP contribution in [0.25, 0.3) is 0 Å².